The first-order valence-electron chi connectivity index (χ1n) is 12.3. The van der Waals surface area contributed by atoms with Crippen LogP contribution in [0, 0.1) is 17.6 Å². The Hall–Kier alpha value is -3.39. The van der Waals surface area contributed by atoms with Crippen LogP contribution in [0.1, 0.15) is 62.0 Å². The normalized spacial score (nSPS) is 22.5. The number of rotatable bonds is 5. The maximum atomic E-state index is 14.9. The van der Waals surface area contributed by atoms with Gasteiger partial charge in [-0.15, -0.1) is 0 Å². The van der Waals surface area contributed by atoms with Crippen molar-refractivity contribution in [3.63, 3.8) is 0 Å². The van der Waals surface area contributed by atoms with Crippen LogP contribution in [0.3, 0.4) is 0 Å². The van der Waals surface area contributed by atoms with E-state index in [1.807, 2.05) is 6.07 Å². The van der Waals surface area contributed by atoms with Crippen LogP contribution < -0.4 is 11.1 Å². The van der Waals surface area contributed by atoms with Crippen molar-refractivity contribution in [1.82, 2.24) is 19.6 Å². The monoisotopic (exact) mass is 474 g/mol. The molecular formula is C27H28F2N6. The summed E-state index contributed by atoms with van der Waals surface area (Å²) in [6.45, 7) is 2.24. The van der Waals surface area contributed by atoms with Crippen molar-refractivity contribution < 1.29 is 8.78 Å². The zero-order valence-corrected chi connectivity index (χ0v) is 19.6. The molecule has 0 bridgehead atoms. The predicted molar refractivity (Wildman–Crippen MR) is 132 cm³/mol. The van der Waals surface area contributed by atoms with E-state index in [9.17, 15) is 8.78 Å². The van der Waals surface area contributed by atoms with Gasteiger partial charge in [-0.25, -0.2) is 13.8 Å². The molecule has 3 N–H and O–H groups in total. The van der Waals surface area contributed by atoms with E-state index in [-0.39, 0.29) is 23.2 Å². The fraction of sp³-hybridized carbons (Fsp3) is 0.370. The molecular weight excluding hydrogens is 446 g/mol. The van der Waals surface area contributed by atoms with Gasteiger partial charge in [-0.05, 0) is 91.3 Å². The summed E-state index contributed by atoms with van der Waals surface area (Å²) in [6.07, 6.45) is 10.2. The quantitative estimate of drug-likeness (QED) is 0.375. The number of fused-ring (bicyclic) bond motifs is 1. The van der Waals surface area contributed by atoms with Crippen LogP contribution in [0.15, 0.2) is 48.9 Å². The maximum absolute atomic E-state index is 14.9. The Balaban J connectivity index is 1.35. The Morgan fingerprint density at radius 3 is 2.54 bits per heavy atom. The van der Waals surface area contributed by atoms with Gasteiger partial charge in [-0.2, -0.15) is 9.61 Å². The second kappa shape index (κ2) is 8.68. The minimum Gasteiger partial charge on any atom is -0.328 e. The van der Waals surface area contributed by atoms with Gasteiger partial charge >= 0.3 is 0 Å². The van der Waals surface area contributed by atoms with Crippen molar-refractivity contribution in [2.45, 2.75) is 56.9 Å². The van der Waals surface area contributed by atoms with Crippen molar-refractivity contribution in [1.29, 1.82) is 0 Å². The second-order valence-electron chi connectivity index (χ2n) is 10.1. The van der Waals surface area contributed by atoms with Crippen molar-refractivity contribution in [3.05, 3.63) is 71.7 Å². The number of pyridine rings is 1. The van der Waals surface area contributed by atoms with E-state index in [1.54, 1.807) is 35.2 Å². The number of nitrogens with two attached hydrogens (primary N) is 1. The molecule has 0 saturated heterocycles. The lowest BCUT2D eigenvalue weighted by atomic mass is 9.76. The van der Waals surface area contributed by atoms with Gasteiger partial charge in [0.1, 0.15) is 11.6 Å². The average molecular weight is 475 g/mol. The van der Waals surface area contributed by atoms with E-state index in [0.29, 0.717) is 23.3 Å². The van der Waals surface area contributed by atoms with Gasteiger partial charge in [-0.3, -0.25) is 4.98 Å². The van der Waals surface area contributed by atoms with E-state index >= 15 is 0 Å². The lowest BCUT2D eigenvalue weighted by molar-refractivity contribution is 0.308. The maximum Gasteiger partial charge on any atom is 0.229 e. The highest BCUT2D eigenvalue weighted by atomic mass is 19.1. The fourth-order valence-electron chi connectivity index (χ4n) is 5.49. The van der Waals surface area contributed by atoms with E-state index < -0.39 is 11.6 Å². The molecule has 2 aliphatic rings. The molecule has 2 fully saturated rings. The number of aromatic nitrogens is 4. The summed E-state index contributed by atoms with van der Waals surface area (Å²) >= 11 is 0. The van der Waals surface area contributed by atoms with Crippen molar-refractivity contribution >= 4 is 17.2 Å². The number of nitrogens with zero attached hydrogens (tertiary/aromatic N) is 4. The summed E-state index contributed by atoms with van der Waals surface area (Å²) in [4.78, 5) is 8.79. The highest BCUT2D eigenvalue weighted by molar-refractivity contribution is 5.66. The Bertz CT molecular complexity index is 1360. The molecule has 2 saturated carbocycles. The molecule has 3 aromatic heterocycles. The zero-order valence-electron chi connectivity index (χ0n) is 19.6. The van der Waals surface area contributed by atoms with Crippen molar-refractivity contribution in [2.24, 2.45) is 11.7 Å². The number of nitrogens with one attached hydrogen (secondary N) is 1. The minimum absolute atomic E-state index is 0.122. The number of hydrogen-bond acceptors (Lipinski definition) is 5. The molecule has 1 aromatic carbocycles. The Kier molecular flexibility index (Phi) is 5.48. The van der Waals surface area contributed by atoms with Gasteiger partial charge in [0, 0.05) is 12.2 Å². The van der Waals surface area contributed by atoms with E-state index in [2.05, 4.69) is 27.3 Å². The van der Waals surface area contributed by atoms with E-state index in [4.69, 9.17) is 5.73 Å². The summed E-state index contributed by atoms with van der Waals surface area (Å²) in [5.41, 5.74) is 9.82. The summed E-state index contributed by atoms with van der Waals surface area (Å²) in [6, 6.07) is 8.47. The van der Waals surface area contributed by atoms with E-state index in [1.165, 1.54) is 12.1 Å². The van der Waals surface area contributed by atoms with Gasteiger partial charge in [0.05, 0.1) is 34.9 Å². The molecule has 180 valence electrons. The standard InChI is InChI=1S/C27H28F2N6/c1-15-8-18(10-19(30)9-15)21-6-7-31-14-25(21)33-27-32-13-20-4-5-24(34-35(20)27)26-22(28)11-17(12-23(26)29)16-2-3-16/h4-7,11-16,18-19H,2-3,8-10,30H2,1H3,(H,32,33)/t15-,18+,19-/m0/s1. The summed E-state index contributed by atoms with van der Waals surface area (Å²) in [5, 5.41) is 7.91. The van der Waals surface area contributed by atoms with Crippen LogP contribution in [0.25, 0.3) is 16.8 Å². The first kappa shape index (κ1) is 22.1. The second-order valence-corrected chi connectivity index (χ2v) is 10.1. The Morgan fingerprint density at radius 1 is 1.00 bits per heavy atom. The summed E-state index contributed by atoms with van der Waals surface area (Å²) < 4.78 is 31.5. The largest absolute Gasteiger partial charge is 0.328 e. The minimum atomic E-state index is -0.592. The van der Waals surface area contributed by atoms with Crippen molar-refractivity contribution in [3.8, 4) is 11.3 Å². The van der Waals surface area contributed by atoms with Crippen LogP contribution in [0.4, 0.5) is 20.4 Å². The molecule has 0 unspecified atom stereocenters. The fourth-order valence-corrected chi connectivity index (χ4v) is 5.49. The van der Waals surface area contributed by atoms with Crippen molar-refractivity contribution in [2.75, 3.05) is 5.32 Å². The third-order valence-corrected chi connectivity index (χ3v) is 7.27. The Labute approximate surface area is 202 Å². The number of benzene rings is 1. The van der Waals surface area contributed by atoms with Gasteiger partial charge in [0.2, 0.25) is 5.95 Å². The first-order chi connectivity index (χ1) is 17.0. The highest BCUT2D eigenvalue weighted by Gasteiger charge is 2.28. The smallest absolute Gasteiger partial charge is 0.229 e. The topological polar surface area (TPSA) is 81.1 Å². The third-order valence-electron chi connectivity index (χ3n) is 7.27. The average Bonchev–Trinajstić information content (AvgIpc) is 3.60. The van der Waals surface area contributed by atoms with Crippen LogP contribution >= 0.6 is 0 Å². The molecule has 6 rings (SSSR count). The molecule has 3 heterocycles. The number of anilines is 2. The van der Waals surface area contributed by atoms with Crippen LogP contribution in [-0.2, 0) is 0 Å². The molecule has 0 radical (unpaired) electrons. The molecule has 4 aromatic rings. The number of halogens is 2. The number of hydrogen-bond donors (Lipinski definition) is 2. The SMILES string of the molecule is C[C@@H]1C[C@H](N)C[C@H](c2ccncc2Nc2ncc3ccc(-c4c(F)cc(C5CC5)cc4F)nn23)C1. The molecule has 8 heteroatoms. The first-order valence-corrected chi connectivity index (χ1v) is 12.3. The summed E-state index contributed by atoms with van der Waals surface area (Å²) in [7, 11) is 0. The third kappa shape index (κ3) is 4.27. The predicted octanol–water partition coefficient (Wildman–Crippen LogP) is 5.92. The van der Waals surface area contributed by atoms with Gasteiger partial charge in [0.25, 0.3) is 0 Å². The molecule has 0 spiro atoms. The molecule has 0 aliphatic heterocycles. The van der Waals surface area contributed by atoms with Gasteiger partial charge in [0.15, 0.2) is 0 Å². The van der Waals surface area contributed by atoms with Gasteiger partial charge in [-0.1, -0.05) is 6.92 Å². The number of imidazole rings is 1. The zero-order chi connectivity index (χ0) is 24.1. The molecule has 3 atom stereocenters. The van der Waals surface area contributed by atoms with Crippen LogP contribution in [0.2, 0.25) is 0 Å². The Morgan fingerprint density at radius 2 is 1.80 bits per heavy atom. The summed E-state index contributed by atoms with van der Waals surface area (Å²) in [5.74, 6) is 0.416. The molecule has 35 heavy (non-hydrogen) atoms. The highest BCUT2D eigenvalue weighted by Crippen LogP contribution is 2.42. The van der Waals surface area contributed by atoms with E-state index in [0.717, 1.165) is 48.9 Å². The molecule has 0 amide bonds. The van der Waals surface area contributed by atoms with Crippen LogP contribution in [0.5, 0.6) is 0 Å². The molecule has 2 aliphatic carbocycles. The van der Waals surface area contributed by atoms with Gasteiger partial charge < -0.3 is 11.1 Å². The lowest BCUT2D eigenvalue weighted by Gasteiger charge is -2.32. The van der Waals surface area contributed by atoms with Crippen LogP contribution in [-0.4, -0.2) is 25.6 Å². The lowest BCUT2D eigenvalue weighted by Crippen LogP contribution is -2.31. The molecule has 6 nitrogen and oxygen atoms in total.